The topological polar surface area (TPSA) is 108 Å². The number of rotatable bonds is 22. The van der Waals surface area contributed by atoms with Crippen LogP contribution in [-0.4, -0.2) is 93.7 Å². The third kappa shape index (κ3) is 16.7. The monoisotopic (exact) mass is 884 g/mol. The minimum absolute atomic E-state index is 0.0180. The second-order valence-corrected chi connectivity index (χ2v) is 36.4. The first kappa shape index (κ1) is 51.3. The quantitative estimate of drug-likeness (QED) is 0.0491. The van der Waals surface area contributed by atoms with Crippen LogP contribution in [0.4, 0.5) is 0 Å². The van der Waals surface area contributed by atoms with E-state index in [1.807, 2.05) is 56.3 Å². The molecule has 0 amide bonds. The van der Waals surface area contributed by atoms with Gasteiger partial charge in [0.2, 0.25) is 0 Å². The average molecular weight is 885 g/mol. The summed E-state index contributed by atoms with van der Waals surface area (Å²) in [7, 11) is -3.34. The van der Waals surface area contributed by atoms with Crippen molar-refractivity contribution in [3.63, 3.8) is 0 Å². The van der Waals surface area contributed by atoms with Crippen LogP contribution in [0.25, 0.3) is 6.08 Å². The van der Waals surface area contributed by atoms with E-state index in [1.54, 1.807) is 18.2 Å². The second kappa shape index (κ2) is 21.8. The molecule has 2 aromatic rings. The number of benzene rings is 2. The normalized spacial score (nSPS) is 19.0. The van der Waals surface area contributed by atoms with E-state index in [1.165, 1.54) is 7.11 Å². The number of carbonyl (C=O) groups is 2. The van der Waals surface area contributed by atoms with Gasteiger partial charge in [-0.15, -0.1) is 0 Å². The maximum Gasteiger partial charge on any atom is 0.342 e. The summed E-state index contributed by atoms with van der Waals surface area (Å²) in [4.78, 5) is 27.5. The Hall–Kier alpha value is -3.05. The second-order valence-electron chi connectivity index (χ2n) is 20.4. The first-order valence-electron chi connectivity index (χ1n) is 21.5. The predicted octanol–water partition coefficient (Wildman–Crippen LogP) is 11.6. The summed E-state index contributed by atoms with van der Waals surface area (Å²) in [6.07, 6.45) is 6.15. The minimum Gasteiger partial charge on any atom is -0.494 e. The van der Waals surface area contributed by atoms with Crippen molar-refractivity contribution in [2.24, 2.45) is 5.92 Å². The molecule has 13 heteroatoms. The van der Waals surface area contributed by atoms with Gasteiger partial charge in [-0.1, -0.05) is 103 Å². The Labute approximate surface area is 364 Å². The molecule has 1 aliphatic heterocycles. The molecule has 1 aliphatic rings. The van der Waals surface area contributed by atoms with Gasteiger partial charge in [0.15, 0.2) is 20.9 Å². The number of esters is 2. The summed E-state index contributed by atoms with van der Waals surface area (Å²) in [5.74, 6) is -0.988. The van der Waals surface area contributed by atoms with Crippen molar-refractivity contribution in [1.29, 1.82) is 0 Å². The van der Waals surface area contributed by atoms with Gasteiger partial charge in [0.05, 0.1) is 24.9 Å². The lowest BCUT2D eigenvalue weighted by Crippen LogP contribution is -2.44. The molecule has 1 heterocycles. The maximum absolute atomic E-state index is 13.9. The minimum atomic E-state index is -2.03. The van der Waals surface area contributed by atoms with Gasteiger partial charge in [-0.3, -0.25) is 0 Å². The van der Waals surface area contributed by atoms with Crippen LogP contribution >= 0.6 is 0 Å². The lowest BCUT2D eigenvalue weighted by Gasteiger charge is -2.39. The molecular weight excluding hydrogens is 809 g/mol. The molecule has 1 fully saturated rings. The van der Waals surface area contributed by atoms with E-state index in [4.69, 9.17) is 37.6 Å². The zero-order valence-electron chi connectivity index (χ0n) is 39.6. The molecule has 0 aromatic heterocycles. The number of hydrogen-bond acceptors (Lipinski definition) is 10. The van der Waals surface area contributed by atoms with Crippen molar-refractivity contribution < 1.29 is 47.2 Å². The molecule has 5 atom stereocenters. The molecule has 0 bridgehead atoms. The van der Waals surface area contributed by atoms with E-state index in [0.717, 1.165) is 12.1 Å². The van der Waals surface area contributed by atoms with Crippen LogP contribution in [0.2, 0.25) is 69.5 Å². The summed E-state index contributed by atoms with van der Waals surface area (Å²) in [6, 6.07) is 14.3. The van der Waals surface area contributed by atoms with E-state index in [9.17, 15) is 9.59 Å². The van der Waals surface area contributed by atoms with Crippen LogP contribution in [0.5, 0.6) is 11.5 Å². The van der Waals surface area contributed by atoms with Crippen molar-refractivity contribution in [3.8, 4) is 11.5 Å². The molecule has 3 rings (SSSR count). The van der Waals surface area contributed by atoms with Crippen LogP contribution in [0.1, 0.15) is 81.2 Å². The zero-order valence-corrected chi connectivity index (χ0v) is 42.6. The standard InChI is InChI=1S/C47H76O10Si3/c1-34(35(2)57-60(15,16)46(3,4)5)25-26-39(54-44(48)36-21-18-17-19-22-36)43-40(55-47(6,7)56-43)24-20-23-37-31-38(51-27-29-58(9,10)11)32-41(53-33-50-8)42(37)45(49)52-28-30-59(12,13)14/h17-23,25-26,31-32,34-35,39-40,43H,24,27-30,33H2,1-16H3/b23-20+,26-25-/t34-,35?,39?,40?,43?/m1/s1. The Morgan fingerprint density at radius 1 is 0.850 bits per heavy atom. The predicted molar refractivity (Wildman–Crippen MR) is 250 cm³/mol. The van der Waals surface area contributed by atoms with Crippen molar-refractivity contribution in [2.75, 3.05) is 27.1 Å². The van der Waals surface area contributed by atoms with Crippen molar-refractivity contribution in [2.45, 2.75) is 155 Å². The van der Waals surface area contributed by atoms with Gasteiger partial charge in [0.25, 0.3) is 0 Å². The molecular formula is C47H76O10Si3. The molecule has 0 aliphatic carbocycles. The van der Waals surface area contributed by atoms with Crippen molar-refractivity contribution in [1.82, 2.24) is 0 Å². The molecule has 1 saturated heterocycles. The molecule has 4 unspecified atom stereocenters. The Morgan fingerprint density at radius 2 is 1.48 bits per heavy atom. The number of methoxy groups -OCH3 is 1. The Kier molecular flexibility index (Phi) is 18.7. The van der Waals surface area contributed by atoms with Crippen molar-refractivity contribution in [3.05, 3.63) is 77.4 Å². The summed E-state index contributed by atoms with van der Waals surface area (Å²) >= 11 is 0. The molecule has 0 saturated carbocycles. The fourth-order valence-corrected chi connectivity index (χ4v) is 9.03. The Balaban J connectivity index is 2.02. The van der Waals surface area contributed by atoms with E-state index < -0.39 is 60.5 Å². The largest absolute Gasteiger partial charge is 0.494 e. The highest BCUT2D eigenvalue weighted by Gasteiger charge is 2.46. The van der Waals surface area contributed by atoms with Crippen LogP contribution < -0.4 is 9.47 Å². The van der Waals surface area contributed by atoms with Gasteiger partial charge < -0.3 is 37.6 Å². The number of ether oxygens (including phenoxy) is 7. The number of carbonyl (C=O) groups excluding carboxylic acids is 2. The van der Waals surface area contributed by atoms with Gasteiger partial charge >= 0.3 is 11.9 Å². The van der Waals surface area contributed by atoms with Crippen LogP contribution in [0.3, 0.4) is 0 Å². The van der Waals surface area contributed by atoms with E-state index in [-0.39, 0.29) is 29.4 Å². The van der Waals surface area contributed by atoms with E-state index >= 15 is 0 Å². The highest BCUT2D eigenvalue weighted by atomic mass is 28.4. The highest BCUT2D eigenvalue weighted by molar-refractivity contribution is 6.76. The first-order chi connectivity index (χ1) is 27.7. The average Bonchev–Trinajstić information content (AvgIpc) is 3.44. The maximum atomic E-state index is 13.9. The summed E-state index contributed by atoms with van der Waals surface area (Å²) in [5, 5.41) is 0.0645. The fraction of sp³-hybridized carbons (Fsp3) is 0.617. The third-order valence-corrected chi connectivity index (χ3v) is 18.9. The molecule has 336 valence electrons. The molecule has 0 N–H and O–H groups in total. The Morgan fingerprint density at radius 3 is 2.08 bits per heavy atom. The smallest absolute Gasteiger partial charge is 0.342 e. The molecule has 2 aromatic carbocycles. The van der Waals surface area contributed by atoms with E-state index in [2.05, 4.69) is 93.1 Å². The highest BCUT2D eigenvalue weighted by Crippen LogP contribution is 2.39. The molecule has 0 radical (unpaired) electrons. The molecule has 10 nitrogen and oxygen atoms in total. The lowest BCUT2D eigenvalue weighted by atomic mass is 9.99. The van der Waals surface area contributed by atoms with Crippen LogP contribution in [0.15, 0.2) is 60.7 Å². The first-order valence-corrected chi connectivity index (χ1v) is 31.8. The molecule has 0 spiro atoms. The molecule has 60 heavy (non-hydrogen) atoms. The van der Waals surface area contributed by atoms with Gasteiger partial charge in [-0.25, -0.2) is 9.59 Å². The van der Waals surface area contributed by atoms with Gasteiger partial charge in [0.1, 0.15) is 29.3 Å². The van der Waals surface area contributed by atoms with E-state index in [0.29, 0.717) is 42.3 Å². The summed E-state index contributed by atoms with van der Waals surface area (Å²) in [5.41, 5.74) is 1.31. The van der Waals surface area contributed by atoms with Gasteiger partial charge in [-0.2, -0.15) is 0 Å². The Bertz CT molecular complexity index is 1740. The van der Waals surface area contributed by atoms with Gasteiger partial charge in [0, 0.05) is 35.4 Å². The van der Waals surface area contributed by atoms with Crippen LogP contribution in [-0.2, 0) is 28.1 Å². The number of hydrogen-bond donors (Lipinski definition) is 0. The van der Waals surface area contributed by atoms with Crippen LogP contribution in [0, 0.1) is 5.92 Å². The van der Waals surface area contributed by atoms with Gasteiger partial charge in [-0.05, 0) is 93.2 Å². The lowest BCUT2D eigenvalue weighted by molar-refractivity contribution is -0.152. The third-order valence-electron chi connectivity index (χ3n) is 10.9. The fourth-order valence-electron chi connectivity index (χ4n) is 6.10. The SMILES string of the molecule is COCOc1cc(OCC[Si](C)(C)C)cc(/C=C/CC2OC(C)(C)OC2C(/C=C\[C@@H](C)C(C)O[Si](C)(C)C(C)(C)C)OC(=O)c2ccccc2)c1C(=O)OCC[Si](C)(C)C. The summed E-state index contributed by atoms with van der Waals surface area (Å²) in [6.45, 7) is 33.6. The van der Waals surface area contributed by atoms with Crippen molar-refractivity contribution >= 4 is 42.5 Å². The summed E-state index contributed by atoms with van der Waals surface area (Å²) < 4.78 is 49.4. The zero-order chi connectivity index (χ0) is 45.1.